The van der Waals surface area contributed by atoms with Crippen LogP contribution >= 0.6 is 0 Å². The van der Waals surface area contributed by atoms with Crippen molar-refractivity contribution in [1.29, 1.82) is 0 Å². The fourth-order valence-electron chi connectivity index (χ4n) is 2.45. The summed E-state index contributed by atoms with van der Waals surface area (Å²) < 4.78 is 53.9. The van der Waals surface area contributed by atoms with Gasteiger partial charge in [-0.15, -0.1) is 0 Å². The summed E-state index contributed by atoms with van der Waals surface area (Å²) in [5.41, 5.74) is -2.00. The summed E-state index contributed by atoms with van der Waals surface area (Å²) in [5.74, 6) is 1.50. The maximum absolute atomic E-state index is 12.7. The second-order valence-electron chi connectivity index (χ2n) is 5.85. The molecule has 0 aliphatic carbocycles. The van der Waals surface area contributed by atoms with Gasteiger partial charge in [0.05, 0.1) is 10.5 Å². The molecule has 0 fully saturated rings. The van der Waals surface area contributed by atoms with E-state index in [0.717, 1.165) is 12.1 Å². The maximum Gasteiger partial charge on any atom is 0.416 e. The van der Waals surface area contributed by atoms with Crippen LogP contribution in [0.3, 0.4) is 0 Å². The third-order valence-electron chi connectivity index (χ3n) is 3.84. The lowest BCUT2D eigenvalue weighted by Crippen LogP contribution is -2.26. The minimum Gasteiger partial charge on any atom is -0.491 e. The van der Waals surface area contributed by atoms with E-state index in [4.69, 9.17) is 14.2 Å². The van der Waals surface area contributed by atoms with Crippen LogP contribution in [0.2, 0.25) is 0 Å². The lowest BCUT2D eigenvalue weighted by molar-refractivity contribution is -0.384. The van der Waals surface area contributed by atoms with Gasteiger partial charge >= 0.3 is 6.18 Å². The van der Waals surface area contributed by atoms with Crippen molar-refractivity contribution in [3.63, 3.8) is 0 Å². The predicted molar refractivity (Wildman–Crippen MR) is 90.7 cm³/mol. The molecular weight excluding hydrogens is 385 g/mol. The molecule has 3 rings (SSSR count). The zero-order chi connectivity index (χ0) is 20.3. The Bertz CT molecular complexity index is 874. The first-order valence-corrected chi connectivity index (χ1v) is 8.04. The molecule has 1 unspecified atom stereocenters. The molecular formula is C17H15F3N2O6. The summed E-state index contributed by atoms with van der Waals surface area (Å²) in [6.07, 6.45) is -5.77. The van der Waals surface area contributed by atoms with Crippen LogP contribution in [-0.2, 0) is 6.18 Å². The standard InChI is InChI=1S/C17H15F3N2O6/c18-17(19,20)10-1-3-13(14(5-10)22(24)25)21-7-11(23)8-26-12-2-4-15-16(6-12)28-9-27-15/h1-6,11,21,23H,7-9H2. The van der Waals surface area contributed by atoms with Crippen LogP contribution in [0.4, 0.5) is 24.5 Å². The molecule has 2 aromatic rings. The Morgan fingerprint density at radius 2 is 1.96 bits per heavy atom. The van der Waals surface area contributed by atoms with Gasteiger partial charge in [-0.25, -0.2) is 0 Å². The van der Waals surface area contributed by atoms with E-state index in [0.29, 0.717) is 23.3 Å². The van der Waals surface area contributed by atoms with Crippen molar-refractivity contribution in [2.75, 3.05) is 25.3 Å². The van der Waals surface area contributed by atoms with Crippen molar-refractivity contribution in [2.45, 2.75) is 12.3 Å². The second kappa shape index (κ2) is 7.80. The Balaban J connectivity index is 1.58. The number of anilines is 1. The number of nitrogens with one attached hydrogen (secondary N) is 1. The number of hydrogen-bond donors (Lipinski definition) is 2. The summed E-state index contributed by atoms with van der Waals surface area (Å²) >= 11 is 0. The number of nitro groups is 1. The summed E-state index contributed by atoms with van der Waals surface area (Å²) in [5, 5.41) is 23.6. The number of rotatable bonds is 7. The Morgan fingerprint density at radius 3 is 2.68 bits per heavy atom. The molecule has 0 radical (unpaired) electrons. The molecule has 2 aromatic carbocycles. The van der Waals surface area contributed by atoms with Gasteiger partial charge in [-0.2, -0.15) is 13.2 Å². The molecule has 1 atom stereocenters. The van der Waals surface area contributed by atoms with Crippen LogP contribution in [0.15, 0.2) is 36.4 Å². The van der Waals surface area contributed by atoms with Gasteiger partial charge < -0.3 is 24.6 Å². The Hall–Kier alpha value is -3.21. The van der Waals surface area contributed by atoms with Crippen molar-refractivity contribution < 1.29 is 37.4 Å². The average Bonchev–Trinajstić information content (AvgIpc) is 3.11. The van der Waals surface area contributed by atoms with E-state index in [9.17, 15) is 28.4 Å². The number of aliphatic hydroxyl groups excluding tert-OH is 1. The predicted octanol–water partition coefficient (Wildman–Crippen LogP) is 3.19. The molecule has 1 aliphatic rings. The number of nitrogens with zero attached hydrogens (tertiary/aromatic N) is 1. The van der Waals surface area contributed by atoms with Crippen LogP contribution in [-0.4, -0.2) is 36.1 Å². The number of aliphatic hydroxyl groups is 1. The number of ether oxygens (including phenoxy) is 3. The van der Waals surface area contributed by atoms with Gasteiger partial charge in [-0.3, -0.25) is 10.1 Å². The van der Waals surface area contributed by atoms with E-state index in [1.54, 1.807) is 18.2 Å². The van der Waals surface area contributed by atoms with Gasteiger partial charge in [0.25, 0.3) is 5.69 Å². The number of hydrogen-bond acceptors (Lipinski definition) is 7. The molecule has 150 valence electrons. The van der Waals surface area contributed by atoms with E-state index in [2.05, 4.69) is 5.32 Å². The van der Waals surface area contributed by atoms with Gasteiger partial charge in [0.1, 0.15) is 24.1 Å². The average molecular weight is 400 g/mol. The van der Waals surface area contributed by atoms with Crippen LogP contribution in [0.1, 0.15) is 5.56 Å². The zero-order valence-corrected chi connectivity index (χ0v) is 14.2. The van der Waals surface area contributed by atoms with Gasteiger partial charge in [-0.1, -0.05) is 0 Å². The number of alkyl halides is 3. The fraction of sp³-hybridized carbons (Fsp3) is 0.294. The molecule has 0 spiro atoms. The largest absolute Gasteiger partial charge is 0.491 e. The lowest BCUT2D eigenvalue weighted by atomic mass is 10.1. The Morgan fingerprint density at radius 1 is 1.21 bits per heavy atom. The van der Waals surface area contributed by atoms with Gasteiger partial charge in [0.15, 0.2) is 11.5 Å². The van der Waals surface area contributed by atoms with Crippen LogP contribution < -0.4 is 19.5 Å². The minimum atomic E-state index is -4.69. The maximum atomic E-state index is 12.7. The highest BCUT2D eigenvalue weighted by atomic mass is 19.4. The monoisotopic (exact) mass is 400 g/mol. The van der Waals surface area contributed by atoms with Crippen molar-refractivity contribution >= 4 is 11.4 Å². The zero-order valence-electron chi connectivity index (χ0n) is 14.2. The molecule has 8 nitrogen and oxygen atoms in total. The van der Waals surface area contributed by atoms with E-state index in [1.807, 2.05) is 0 Å². The quantitative estimate of drug-likeness (QED) is 0.543. The van der Waals surface area contributed by atoms with Gasteiger partial charge in [0, 0.05) is 18.7 Å². The van der Waals surface area contributed by atoms with E-state index in [-0.39, 0.29) is 25.6 Å². The number of benzene rings is 2. The molecule has 2 N–H and O–H groups in total. The van der Waals surface area contributed by atoms with Gasteiger partial charge in [-0.05, 0) is 24.3 Å². The third-order valence-corrected chi connectivity index (χ3v) is 3.84. The van der Waals surface area contributed by atoms with E-state index < -0.39 is 28.5 Å². The summed E-state index contributed by atoms with van der Waals surface area (Å²) in [6, 6.07) is 6.97. The van der Waals surface area contributed by atoms with Crippen LogP contribution in [0, 0.1) is 10.1 Å². The highest BCUT2D eigenvalue weighted by Gasteiger charge is 2.33. The smallest absolute Gasteiger partial charge is 0.416 e. The molecule has 0 aromatic heterocycles. The summed E-state index contributed by atoms with van der Waals surface area (Å²) in [4.78, 5) is 10.1. The number of halogens is 3. The Labute approximate surface area is 156 Å². The first-order chi connectivity index (χ1) is 13.2. The highest BCUT2D eigenvalue weighted by Crippen LogP contribution is 2.36. The lowest BCUT2D eigenvalue weighted by Gasteiger charge is -2.15. The first kappa shape index (κ1) is 19.5. The summed E-state index contributed by atoms with van der Waals surface area (Å²) in [7, 11) is 0. The van der Waals surface area contributed by atoms with Crippen molar-refractivity contribution in [1.82, 2.24) is 0 Å². The molecule has 1 heterocycles. The fourth-order valence-corrected chi connectivity index (χ4v) is 2.45. The third kappa shape index (κ3) is 4.55. The van der Waals surface area contributed by atoms with Crippen LogP contribution in [0.25, 0.3) is 0 Å². The molecule has 0 amide bonds. The second-order valence-corrected chi connectivity index (χ2v) is 5.85. The SMILES string of the molecule is O=[N+]([O-])c1cc(C(F)(F)F)ccc1NCC(O)COc1ccc2c(c1)OCO2. The number of fused-ring (bicyclic) bond motifs is 1. The van der Waals surface area contributed by atoms with Crippen molar-refractivity contribution in [3.05, 3.63) is 52.1 Å². The first-order valence-electron chi connectivity index (χ1n) is 8.04. The normalized spacial score (nSPS) is 13.9. The van der Waals surface area contributed by atoms with Crippen molar-refractivity contribution in [2.24, 2.45) is 0 Å². The van der Waals surface area contributed by atoms with E-state index >= 15 is 0 Å². The van der Waals surface area contributed by atoms with Crippen molar-refractivity contribution in [3.8, 4) is 17.2 Å². The van der Waals surface area contributed by atoms with Gasteiger partial charge in [0.2, 0.25) is 6.79 Å². The topological polar surface area (TPSA) is 103 Å². The molecule has 11 heteroatoms. The van der Waals surface area contributed by atoms with E-state index in [1.165, 1.54) is 0 Å². The molecule has 0 bridgehead atoms. The molecule has 1 aliphatic heterocycles. The molecule has 0 saturated heterocycles. The minimum absolute atomic E-state index is 0.108. The van der Waals surface area contributed by atoms with Crippen LogP contribution in [0.5, 0.6) is 17.2 Å². The highest BCUT2D eigenvalue weighted by molar-refractivity contribution is 5.63. The molecule has 0 saturated carbocycles. The Kier molecular flexibility index (Phi) is 5.45. The summed E-state index contributed by atoms with van der Waals surface area (Å²) in [6.45, 7) is -0.213. The molecule has 28 heavy (non-hydrogen) atoms. The number of nitro benzene ring substituents is 1.